The molecule has 6 heteroatoms. The van der Waals surface area contributed by atoms with Crippen molar-refractivity contribution in [1.29, 1.82) is 0 Å². The minimum Gasteiger partial charge on any atom is -0.342 e. The number of hydrogen-bond donors (Lipinski definition) is 1. The zero-order valence-electron chi connectivity index (χ0n) is 10.9. The van der Waals surface area contributed by atoms with E-state index in [9.17, 15) is 18.0 Å². The zero-order valence-corrected chi connectivity index (χ0v) is 11.8. The molecule has 2 rings (SSSR count). The Morgan fingerprint density at radius 3 is 2.55 bits per heavy atom. The lowest BCUT2D eigenvalue weighted by Crippen LogP contribution is -2.45. The largest absolute Gasteiger partial charge is 0.393 e. The Morgan fingerprint density at radius 1 is 1.30 bits per heavy atom. The van der Waals surface area contributed by atoms with Gasteiger partial charge in [-0.3, -0.25) is 4.79 Å². The Bertz CT molecular complexity index is 472. The number of thiol groups is 1. The molecule has 2 nitrogen and oxygen atoms in total. The Morgan fingerprint density at radius 2 is 1.95 bits per heavy atom. The van der Waals surface area contributed by atoms with Gasteiger partial charge in [0, 0.05) is 18.0 Å². The fraction of sp³-hybridized carbons (Fsp3) is 0.500. The molecule has 0 radical (unpaired) electrons. The number of halogens is 3. The fourth-order valence-corrected chi connectivity index (χ4v) is 2.52. The predicted molar refractivity (Wildman–Crippen MR) is 72.8 cm³/mol. The first-order valence-electron chi connectivity index (χ1n) is 6.48. The summed E-state index contributed by atoms with van der Waals surface area (Å²) < 4.78 is 38.1. The number of likely N-dealkylation sites (tertiary alicyclic amines) is 1. The zero-order chi connectivity index (χ0) is 14.8. The van der Waals surface area contributed by atoms with Crippen molar-refractivity contribution >= 4 is 18.5 Å². The van der Waals surface area contributed by atoms with Crippen molar-refractivity contribution in [2.24, 2.45) is 5.92 Å². The van der Waals surface area contributed by atoms with Gasteiger partial charge >= 0.3 is 6.18 Å². The number of alkyl halides is 3. The van der Waals surface area contributed by atoms with E-state index >= 15 is 0 Å². The molecule has 1 fully saturated rings. The van der Waals surface area contributed by atoms with Gasteiger partial charge in [-0.1, -0.05) is 12.1 Å². The monoisotopic (exact) mass is 303 g/mol. The third kappa shape index (κ3) is 3.91. The van der Waals surface area contributed by atoms with E-state index in [0.29, 0.717) is 13.0 Å². The quantitative estimate of drug-likeness (QED) is 0.831. The van der Waals surface area contributed by atoms with Gasteiger partial charge in [0.1, 0.15) is 0 Å². The average Bonchev–Trinajstić information content (AvgIpc) is 2.40. The summed E-state index contributed by atoms with van der Waals surface area (Å²) in [6, 6.07) is 7.07. The molecule has 1 heterocycles. The van der Waals surface area contributed by atoms with Crippen LogP contribution in [0.15, 0.2) is 29.2 Å². The van der Waals surface area contributed by atoms with E-state index in [2.05, 4.69) is 12.6 Å². The number of benzene rings is 1. The third-order valence-corrected chi connectivity index (χ3v) is 3.83. The van der Waals surface area contributed by atoms with Crippen LogP contribution in [-0.2, 0) is 11.2 Å². The summed E-state index contributed by atoms with van der Waals surface area (Å²) in [7, 11) is 0. The Labute approximate surface area is 121 Å². The van der Waals surface area contributed by atoms with Crippen LogP contribution < -0.4 is 0 Å². The summed E-state index contributed by atoms with van der Waals surface area (Å²) in [6.45, 7) is 0.197. The highest BCUT2D eigenvalue weighted by Gasteiger charge is 2.42. The topological polar surface area (TPSA) is 20.3 Å². The molecule has 1 aliphatic rings. The van der Waals surface area contributed by atoms with Gasteiger partial charge in [0.15, 0.2) is 0 Å². The van der Waals surface area contributed by atoms with E-state index in [-0.39, 0.29) is 25.3 Å². The maximum atomic E-state index is 12.7. The maximum absolute atomic E-state index is 12.7. The van der Waals surface area contributed by atoms with E-state index in [1.165, 1.54) is 4.90 Å². The maximum Gasteiger partial charge on any atom is 0.393 e. The second-order valence-corrected chi connectivity index (χ2v) is 5.58. The molecule has 1 aromatic carbocycles. The summed E-state index contributed by atoms with van der Waals surface area (Å²) in [6.07, 6.45) is -3.56. The van der Waals surface area contributed by atoms with Gasteiger partial charge in [0.25, 0.3) is 0 Å². The molecule has 1 aromatic rings. The standard InChI is InChI=1S/C14H16F3NOS/c15-14(16,17)11-2-1-7-18(9-11)13(19)8-10-3-5-12(20)6-4-10/h3-6,11,20H,1-2,7-9H2. The summed E-state index contributed by atoms with van der Waals surface area (Å²) in [4.78, 5) is 14.2. The van der Waals surface area contributed by atoms with E-state index in [1.807, 2.05) is 0 Å². The molecule has 0 spiro atoms. The van der Waals surface area contributed by atoms with Crippen LogP contribution in [0.5, 0.6) is 0 Å². The molecule has 20 heavy (non-hydrogen) atoms. The molecule has 110 valence electrons. The lowest BCUT2D eigenvalue weighted by Gasteiger charge is -2.33. The number of amides is 1. The van der Waals surface area contributed by atoms with Crippen molar-refractivity contribution in [1.82, 2.24) is 4.90 Å². The molecule has 0 N–H and O–H groups in total. The second kappa shape index (κ2) is 6.08. The molecule has 1 amide bonds. The fourth-order valence-electron chi connectivity index (χ4n) is 2.37. The first-order valence-corrected chi connectivity index (χ1v) is 6.93. The van der Waals surface area contributed by atoms with Gasteiger partial charge in [0.05, 0.1) is 12.3 Å². The SMILES string of the molecule is O=C(Cc1ccc(S)cc1)N1CCCC(C(F)(F)F)C1. The van der Waals surface area contributed by atoms with Crippen LogP contribution in [0.2, 0.25) is 0 Å². The molecule has 0 bridgehead atoms. The highest BCUT2D eigenvalue weighted by molar-refractivity contribution is 7.80. The minimum absolute atomic E-state index is 0.113. The highest BCUT2D eigenvalue weighted by Crippen LogP contribution is 2.33. The lowest BCUT2D eigenvalue weighted by atomic mass is 9.97. The second-order valence-electron chi connectivity index (χ2n) is 5.06. The molecule has 0 aliphatic carbocycles. The average molecular weight is 303 g/mol. The van der Waals surface area contributed by atoms with Crippen molar-refractivity contribution in [2.75, 3.05) is 13.1 Å². The molecule has 0 aromatic heterocycles. The van der Waals surface area contributed by atoms with Crippen LogP contribution in [0.1, 0.15) is 18.4 Å². The van der Waals surface area contributed by atoms with Crippen LogP contribution in [0, 0.1) is 5.92 Å². The molecular formula is C14H16F3NOS. The van der Waals surface area contributed by atoms with Crippen molar-refractivity contribution in [2.45, 2.75) is 30.3 Å². The van der Waals surface area contributed by atoms with E-state index < -0.39 is 12.1 Å². The summed E-state index contributed by atoms with van der Waals surface area (Å²) >= 11 is 4.15. The van der Waals surface area contributed by atoms with E-state index in [4.69, 9.17) is 0 Å². The number of hydrogen-bond acceptors (Lipinski definition) is 2. The molecule has 0 saturated carbocycles. The summed E-state index contributed by atoms with van der Waals surface area (Å²) in [5.41, 5.74) is 0.793. The molecule has 1 aliphatic heterocycles. The third-order valence-electron chi connectivity index (χ3n) is 3.53. The first-order chi connectivity index (χ1) is 9.36. The van der Waals surface area contributed by atoms with Crippen LogP contribution in [0.25, 0.3) is 0 Å². The smallest absolute Gasteiger partial charge is 0.342 e. The minimum atomic E-state index is -4.22. The number of piperidine rings is 1. The van der Waals surface area contributed by atoms with Crippen LogP contribution >= 0.6 is 12.6 Å². The summed E-state index contributed by atoms with van der Waals surface area (Å²) in [5.74, 6) is -1.63. The van der Waals surface area contributed by atoms with Gasteiger partial charge in [-0.25, -0.2) is 0 Å². The number of carbonyl (C=O) groups is 1. The lowest BCUT2D eigenvalue weighted by molar-refractivity contribution is -0.187. The number of rotatable bonds is 2. The first kappa shape index (κ1) is 15.2. The predicted octanol–water partition coefficient (Wildman–Crippen LogP) is 3.32. The Hall–Kier alpha value is -1.17. The summed E-state index contributed by atoms with van der Waals surface area (Å²) in [5, 5.41) is 0. The van der Waals surface area contributed by atoms with Gasteiger partial charge in [-0.05, 0) is 30.5 Å². The molecule has 1 atom stereocenters. The van der Waals surface area contributed by atoms with Gasteiger partial charge < -0.3 is 4.90 Å². The van der Waals surface area contributed by atoms with E-state index in [1.54, 1.807) is 24.3 Å². The van der Waals surface area contributed by atoms with Crippen molar-refractivity contribution in [3.05, 3.63) is 29.8 Å². The number of carbonyl (C=O) groups excluding carboxylic acids is 1. The normalized spacial score (nSPS) is 20.0. The van der Waals surface area contributed by atoms with Gasteiger partial charge in [-0.15, -0.1) is 12.6 Å². The van der Waals surface area contributed by atoms with Crippen molar-refractivity contribution in [3.8, 4) is 0 Å². The van der Waals surface area contributed by atoms with Crippen LogP contribution in [0.3, 0.4) is 0 Å². The Kier molecular flexibility index (Phi) is 4.62. The van der Waals surface area contributed by atoms with Crippen LogP contribution in [-0.4, -0.2) is 30.1 Å². The number of nitrogens with zero attached hydrogens (tertiary/aromatic N) is 1. The van der Waals surface area contributed by atoms with Crippen LogP contribution in [0.4, 0.5) is 13.2 Å². The highest BCUT2D eigenvalue weighted by atomic mass is 32.1. The molecular weight excluding hydrogens is 287 g/mol. The molecule has 1 unspecified atom stereocenters. The van der Waals surface area contributed by atoms with E-state index in [0.717, 1.165) is 10.5 Å². The molecule has 1 saturated heterocycles. The van der Waals surface area contributed by atoms with Gasteiger partial charge in [0.2, 0.25) is 5.91 Å². The van der Waals surface area contributed by atoms with Crippen molar-refractivity contribution < 1.29 is 18.0 Å². The van der Waals surface area contributed by atoms with Crippen molar-refractivity contribution in [3.63, 3.8) is 0 Å². The Balaban J connectivity index is 1.97. The van der Waals surface area contributed by atoms with Gasteiger partial charge in [-0.2, -0.15) is 13.2 Å².